The molecule has 2 aliphatic heterocycles. The van der Waals surface area contributed by atoms with Crippen LogP contribution >= 0.6 is 0 Å². The van der Waals surface area contributed by atoms with Gasteiger partial charge in [-0.05, 0) is 32.6 Å². The number of piperidine rings is 1. The van der Waals surface area contributed by atoms with E-state index in [1.54, 1.807) is 0 Å². The molecule has 0 aromatic rings. The summed E-state index contributed by atoms with van der Waals surface area (Å²) in [5.74, 6) is 0.367. The highest BCUT2D eigenvalue weighted by atomic mass is 16.2. The van der Waals surface area contributed by atoms with E-state index in [0.717, 1.165) is 32.2 Å². The SMILES string of the molecule is CCCCCC(C)N1CCC(=O)N2CCCCC2C1=O. The highest BCUT2D eigenvalue weighted by Crippen LogP contribution is 2.25. The number of rotatable bonds is 5. The molecule has 0 aromatic heterocycles. The van der Waals surface area contributed by atoms with Gasteiger partial charge in [0.15, 0.2) is 0 Å². The summed E-state index contributed by atoms with van der Waals surface area (Å²) in [5, 5.41) is 0. The van der Waals surface area contributed by atoms with Gasteiger partial charge in [0.25, 0.3) is 0 Å². The van der Waals surface area contributed by atoms with Crippen LogP contribution in [-0.4, -0.2) is 46.8 Å². The van der Waals surface area contributed by atoms with Crippen molar-refractivity contribution in [3.05, 3.63) is 0 Å². The van der Waals surface area contributed by atoms with E-state index in [9.17, 15) is 9.59 Å². The van der Waals surface area contributed by atoms with Crippen molar-refractivity contribution in [2.45, 2.75) is 77.3 Å². The lowest BCUT2D eigenvalue weighted by Crippen LogP contribution is -2.51. The van der Waals surface area contributed by atoms with Crippen LogP contribution in [-0.2, 0) is 9.59 Å². The number of amides is 2. The van der Waals surface area contributed by atoms with Crippen LogP contribution in [0.15, 0.2) is 0 Å². The number of carbonyl (C=O) groups excluding carboxylic acids is 2. The molecule has 0 spiro atoms. The second-order valence-corrected chi connectivity index (χ2v) is 6.23. The molecule has 0 aromatic carbocycles. The summed E-state index contributed by atoms with van der Waals surface area (Å²) in [7, 11) is 0. The fourth-order valence-electron chi connectivity index (χ4n) is 3.43. The molecule has 2 unspecified atom stereocenters. The van der Waals surface area contributed by atoms with Gasteiger partial charge in [-0.1, -0.05) is 26.2 Å². The van der Waals surface area contributed by atoms with Gasteiger partial charge in [-0.2, -0.15) is 0 Å². The van der Waals surface area contributed by atoms with E-state index in [2.05, 4.69) is 13.8 Å². The van der Waals surface area contributed by atoms with Crippen molar-refractivity contribution < 1.29 is 9.59 Å². The van der Waals surface area contributed by atoms with Gasteiger partial charge in [0.1, 0.15) is 6.04 Å². The third-order valence-electron chi connectivity index (χ3n) is 4.72. The summed E-state index contributed by atoms with van der Waals surface area (Å²) >= 11 is 0. The Labute approximate surface area is 122 Å². The summed E-state index contributed by atoms with van der Waals surface area (Å²) < 4.78 is 0. The van der Waals surface area contributed by atoms with Gasteiger partial charge in [-0.25, -0.2) is 0 Å². The van der Waals surface area contributed by atoms with Crippen LogP contribution in [0.1, 0.15) is 65.2 Å². The maximum Gasteiger partial charge on any atom is 0.245 e. The Kier molecular flexibility index (Phi) is 5.44. The van der Waals surface area contributed by atoms with Crippen molar-refractivity contribution in [1.29, 1.82) is 0 Å². The van der Waals surface area contributed by atoms with Crippen LogP contribution in [0.25, 0.3) is 0 Å². The molecule has 2 heterocycles. The van der Waals surface area contributed by atoms with E-state index in [1.807, 2.05) is 9.80 Å². The lowest BCUT2D eigenvalue weighted by molar-refractivity contribution is -0.144. The zero-order valence-corrected chi connectivity index (χ0v) is 12.9. The Morgan fingerprint density at radius 1 is 1.20 bits per heavy atom. The molecule has 2 rings (SSSR count). The first-order valence-electron chi connectivity index (χ1n) is 8.25. The van der Waals surface area contributed by atoms with Gasteiger partial charge < -0.3 is 9.80 Å². The normalized spacial score (nSPS) is 25.4. The van der Waals surface area contributed by atoms with E-state index in [1.165, 1.54) is 19.3 Å². The fraction of sp³-hybridized carbons (Fsp3) is 0.875. The minimum absolute atomic E-state index is 0.173. The van der Waals surface area contributed by atoms with Crippen LogP contribution < -0.4 is 0 Å². The second kappa shape index (κ2) is 7.09. The second-order valence-electron chi connectivity index (χ2n) is 6.23. The minimum Gasteiger partial charge on any atom is -0.338 e. The van der Waals surface area contributed by atoms with Gasteiger partial charge in [0.2, 0.25) is 11.8 Å². The summed E-state index contributed by atoms with van der Waals surface area (Å²) in [6.07, 6.45) is 8.11. The Hall–Kier alpha value is -1.06. The highest BCUT2D eigenvalue weighted by molar-refractivity contribution is 5.90. The van der Waals surface area contributed by atoms with Gasteiger partial charge in [-0.15, -0.1) is 0 Å². The van der Waals surface area contributed by atoms with E-state index < -0.39 is 0 Å². The van der Waals surface area contributed by atoms with Crippen molar-refractivity contribution in [1.82, 2.24) is 9.80 Å². The standard InChI is InChI=1S/C16H28N2O2/c1-3-4-5-8-13(2)17-12-10-15(19)18-11-7-6-9-14(18)16(17)20/h13-14H,3-12H2,1-2H3. The molecular formula is C16H28N2O2. The minimum atomic E-state index is -0.174. The molecule has 2 fully saturated rings. The predicted molar refractivity (Wildman–Crippen MR) is 79.3 cm³/mol. The topological polar surface area (TPSA) is 40.6 Å². The van der Waals surface area contributed by atoms with Gasteiger partial charge in [-0.3, -0.25) is 9.59 Å². The fourth-order valence-corrected chi connectivity index (χ4v) is 3.43. The number of hydrogen-bond donors (Lipinski definition) is 0. The molecule has 0 radical (unpaired) electrons. The molecule has 4 nitrogen and oxygen atoms in total. The molecule has 0 saturated carbocycles. The average molecular weight is 280 g/mol. The number of carbonyl (C=O) groups is 2. The molecule has 20 heavy (non-hydrogen) atoms. The largest absolute Gasteiger partial charge is 0.338 e. The zero-order valence-electron chi connectivity index (χ0n) is 12.9. The zero-order chi connectivity index (χ0) is 14.5. The molecule has 2 saturated heterocycles. The van der Waals surface area contributed by atoms with Crippen LogP contribution in [0.4, 0.5) is 0 Å². The lowest BCUT2D eigenvalue weighted by atomic mass is 10.0. The van der Waals surface area contributed by atoms with Crippen molar-refractivity contribution in [3.63, 3.8) is 0 Å². The third kappa shape index (κ3) is 3.33. The predicted octanol–water partition coefficient (Wildman–Crippen LogP) is 2.57. The summed E-state index contributed by atoms with van der Waals surface area (Å²) in [6, 6.07) is 0.0936. The molecule has 0 bridgehead atoms. The van der Waals surface area contributed by atoms with Crippen LogP contribution in [0.3, 0.4) is 0 Å². The molecule has 0 N–H and O–H groups in total. The maximum atomic E-state index is 12.7. The molecule has 2 atom stereocenters. The van der Waals surface area contributed by atoms with E-state index >= 15 is 0 Å². The first kappa shape index (κ1) is 15.3. The number of fused-ring (bicyclic) bond motifs is 1. The molecule has 2 amide bonds. The molecule has 2 aliphatic rings. The Balaban J connectivity index is 2.02. The molecule has 4 heteroatoms. The first-order valence-corrected chi connectivity index (χ1v) is 8.25. The third-order valence-corrected chi connectivity index (χ3v) is 4.72. The van der Waals surface area contributed by atoms with Crippen LogP contribution in [0, 0.1) is 0 Å². The van der Waals surface area contributed by atoms with Gasteiger partial charge in [0.05, 0.1) is 0 Å². The first-order chi connectivity index (χ1) is 9.65. The van der Waals surface area contributed by atoms with Crippen molar-refractivity contribution in [2.24, 2.45) is 0 Å². The Morgan fingerprint density at radius 3 is 2.75 bits per heavy atom. The Morgan fingerprint density at radius 2 is 2.00 bits per heavy atom. The average Bonchev–Trinajstić information content (AvgIpc) is 2.58. The van der Waals surface area contributed by atoms with E-state index in [4.69, 9.17) is 0 Å². The quantitative estimate of drug-likeness (QED) is 0.726. The lowest BCUT2D eigenvalue weighted by Gasteiger charge is -2.36. The summed E-state index contributed by atoms with van der Waals surface area (Å²) in [6.45, 7) is 5.71. The number of nitrogens with zero attached hydrogens (tertiary/aromatic N) is 2. The highest BCUT2D eigenvalue weighted by Gasteiger charge is 2.38. The van der Waals surface area contributed by atoms with Gasteiger partial charge >= 0.3 is 0 Å². The summed E-state index contributed by atoms with van der Waals surface area (Å²) in [5.41, 5.74) is 0. The smallest absolute Gasteiger partial charge is 0.245 e. The number of hydrogen-bond acceptors (Lipinski definition) is 2. The number of unbranched alkanes of at least 4 members (excludes halogenated alkanes) is 2. The molecule has 114 valence electrons. The Bertz CT molecular complexity index is 356. The van der Waals surface area contributed by atoms with Crippen molar-refractivity contribution >= 4 is 11.8 Å². The van der Waals surface area contributed by atoms with Crippen LogP contribution in [0.5, 0.6) is 0 Å². The molecular weight excluding hydrogens is 252 g/mol. The van der Waals surface area contributed by atoms with E-state index in [0.29, 0.717) is 13.0 Å². The molecule has 0 aliphatic carbocycles. The van der Waals surface area contributed by atoms with Gasteiger partial charge in [0, 0.05) is 25.6 Å². The monoisotopic (exact) mass is 280 g/mol. The van der Waals surface area contributed by atoms with Crippen molar-refractivity contribution in [3.8, 4) is 0 Å². The van der Waals surface area contributed by atoms with Crippen LogP contribution in [0.2, 0.25) is 0 Å². The van der Waals surface area contributed by atoms with Crippen molar-refractivity contribution in [2.75, 3.05) is 13.1 Å². The van der Waals surface area contributed by atoms with E-state index in [-0.39, 0.29) is 23.9 Å². The summed E-state index contributed by atoms with van der Waals surface area (Å²) in [4.78, 5) is 28.7. The maximum absolute atomic E-state index is 12.7.